The second-order valence-corrected chi connectivity index (χ2v) is 6.05. The Morgan fingerprint density at radius 3 is 2.45 bits per heavy atom. The van der Waals surface area contributed by atoms with Crippen molar-refractivity contribution in [3.05, 3.63) is 17.0 Å². The topological polar surface area (TPSA) is 58.4 Å². The lowest BCUT2D eigenvalue weighted by atomic mass is 9.95. The van der Waals surface area contributed by atoms with E-state index < -0.39 is 0 Å². The van der Waals surface area contributed by atoms with Crippen LogP contribution < -0.4 is 5.32 Å². The monoisotopic (exact) mass is 309 g/mol. The fourth-order valence-electron chi connectivity index (χ4n) is 2.81. The second-order valence-electron chi connectivity index (χ2n) is 6.05. The molecule has 5 heteroatoms. The van der Waals surface area contributed by atoms with Crippen molar-refractivity contribution in [2.75, 3.05) is 19.6 Å². The van der Waals surface area contributed by atoms with Crippen LogP contribution in [0.15, 0.2) is 4.52 Å². The molecule has 0 saturated carbocycles. The first kappa shape index (κ1) is 18.7. The van der Waals surface area contributed by atoms with Crippen LogP contribution in [0.3, 0.4) is 0 Å². The van der Waals surface area contributed by atoms with E-state index in [1.807, 2.05) is 13.8 Å². The van der Waals surface area contributed by atoms with Gasteiger partial charge in [0, 0.05) is 24.1 Å². The molecular weight excluding hydrogens is 278 g/mol. The molecule has 1 atom stereocenters. The molecule has 1 amide bonds. The van der Waals surface area contributed by atoms with Crippen LogP contribution in [-0.4, -0.2) is 41.1 Å². The van der Waals surface area contributed by atoms with E-state index >= 15 is 0 Å². The van der Waals surface area contributed by atoms with Crippen molar-refractivity contribution < 1.29 is 9.32 Å². The Morgan fingerprint density at radius 2 is 2.00 bits per heavy atom. The van der Waals surface area contributed by atoms with Gasteiger partial charge in [0.1, 0.15) is 5.76 Å². The molecule has 126 valence electrons. The summed E-state index contributed by atoms with van der Waals surface area (Å²) < 4.78 is 5.21. The highest BCUT2D eigenvalue weighted by atomic mass is 16.5. The largest absolute Gasteiger partial charge is 0.360 e. The summed E-state index contributed by atoms with van der Waals surface area (Å²) in [5.74, 6) is 0.637. The van der Waals surface area contributed by atoms with E-state index in [1.165, 1.54) is 0 Å². The number of aryl methyl sites for hydroxylation is 1. The van der Waals surface area contributed by atoms with Gasteiger partial charge in [-0.25, -0.2) is 0 Å². The number of hydrogen-bond donors (Lipinski definition) is 1. The van der Waals surface area contributed by atoms with Crippen LogP contribution in [-0.2, 0) is 6.42 Å². The molecule has 5 nitrogen and oxygen atoms in total. The third-order valence-electron chi connectivity index (χ3n) is 4.59. The Bertz CT molecular complexity index is 484. The molecule has 22 heavy (non-hydrogen) atoms. The van der Waals surface area contributed by atoms with E-state index in [0.717, 1.165) is 43.7 Å². The first-order valence-electron chi connectivity index (χ1n) is 8.41. The van der Waals surface area contributed by atoms with Gasteiger partial charge in [-0.2, -0.15) is 0 Å². The highest BCUT2D eigenvalue weighted by Crippen LogP contribution is 2.19. The van der Waals surface area contributed by atoms with Crippen molar-refractivity contribution in [2.24, 2.45) is 0 Å². The number of amides is 1. The lowest BCUT2D eigenvalue weighted by Crippen LogP contribution is -2.53. The number of nitrogens with one attached hydrogen (secondary N) is 1. The van der Waals surface area contributed by atoms with Crippen molar-refractivity contribution >= 4 is 5.91 Å². The Labute approximate surface area is 134 Å². The molecule has 1 aromatic rings. The van der Waals surface area contributed by atoms with Crippen molar-refractivity contribution in [3.63, 3.8) is 0 Å². The van der Waals surface area contributed by atoms with Crippen molar-refractivity contribution in [2.45, 2.75) is 66.3 Å². The van der Waals surface area contributed by atoms with Crippen molar-refractivity contribution in [1.29, 1.82) is 0 Å². The fraction of sp³-hybridized carbons (Fsp3) is 0.765. The summed E-state index contributed by atoms with van der Waals surface area (Å²) in [6.07, 6.45) is 2.84. The normalized spacial score (nSPS) is 14.1. The molecule has 0 saturated heterocycles. The van der Waals surface area contributed by atoms with E-state index in [9.17, 15) is 4.79 Å². The van der Waals surface area contributed by atoms with E-state index in [0.29, 0.717) is 12.2 Å². The average Bonchev–Trinajstić information content (AvgIpc) is 2.90. The van der Waals surface area contributed by atoms with Gasteiger partial charge in [0.25, 0.3) is 5.91 Å². The lowest BCUT2D eigenvalue weighted by molar-refractivity contribution is 0.0816. The number of likely N-dealkylation sites (N-methyl/N-ethyl adjacent to an activating group) is 1. The minimum Gasteiger partial charge on any atom is -0.360 e. The predicted octanol–water partition coefficient (Wildman–Crippen LogP) is 3.18. The van der Waals surface area contributed by atoms with Crippen LogP contribution in [0.25, 0.3) is 0 Å². The van der Waals surface area contributed by atoms with E-state index in [2.05, 4.69) is 43.1 Å². The van der Waals surface area contributed by atoms with Crippen molar-refractivity contribution in [1.82, 2.24) is 15.4 Å². The number of nitrogens with zero attached hydrogens (tertiary/aromatic N) is 2. The highest BCUT2D eigenvalue weighted by Gasteiger charge is 2.29. The van der Waals surface area contributed by atoms with E-state index in [4.69, 9.17) is 4.52 Å². The number of aromatic nitrogens is 1. The van der Waals surface area contributed by atoms with E-state index in [1.54, 1.807) is 0 Å². The summed E-state index contributed by atoms with van der Waals surface area (Å²) in [5.41, 5.74) is 1.22. The van der Waals surface area contributed by atoms with Gasteiger partial charge in [-0.3, -0.25) is 9.69 Å². The van der Waals surface area contributed by atoms with Gasteiger partial charge < -0.3 is 9.84 Å². The zero-order chi connectivity index (χ0) is 16.8. The fourth-order valence-corrected chi connectivity index (χ4v) is 2.81. The highest BCUT2D eigenvalue weighted by molar-refractivity contribution is 5.93. The van der Waals surface area contributed by atoms with Gasteiger partial charge in [0.2, 0.25) is 0 Å². The third kappa shape index (κ3) is 4.09. The third-order valence-corrected chi connectivity index (χ3v) is 4.59. The zero-order valence-corrected chi connectivity index (χ0v) is 15.0. The molecule has 1 N–H and O–H groups in total. The molecule has 0 aromatic carbocycles. The van der Waals surface area contributed by atoms with Gasteiger partial charge in [-0.05, 0) is 39.8 Å². The molecule has 0 aliphatic rings. The molecule has 0 aliphatic heterocycles. The minimum atomic E-state index is -0.145. The Hall–Kier alpha value is -1.36. The van der Waals surface area contributed by atoms with Crippen LogP contribution >= 0.6 is 0 Å². The Kier molecular flexibility index (Phi) is 7.07. The molecule has 0 spiro atoms. The summed E-state index contributed by atoms with van der Waals surface area (Å²) >= 11 is 0. The Morgan fingerprint density at radius 1 is 1.32 bits per heavy atom. The minimum absolute atomic E-state index is 0.0361. The maximum atomic E-state index is 12.4. The first-order valence-corrected chi connectivity index (χ1v) is 8.41. The summed E-state index contributed by atoms with van der Waals surface area (Å²) in [5, 5.41) is 6.95. The summed E-state index contributed by atoms with van der Waals surface area (Å²) in [6, 6.07) is 0. The molecule has 1 rings (SSSR count). The molecule has 0 radical (unpaired) electrons. The van der Waals surface area contributed by atoms with Gasteiger partial charge in [0.05, 0.1) is 0 Å². The van der Waals surface area contributed by atoms with Crippen LogP contribution in [0.2, 0.25) is 0 Å². The maximum Gasteiger partial charge on any atom is 0.273 e. The summed E-state index contributed by atoms with van der Waals surface area (Å²) in [7, 11) is 0. The number of hydrogen-bond acceptors (Lipinski definition) is 4. The molecule has 1 unspecified atom stereocenters. The van der Waals surface area contributed by atoms with E-state index in [-0.39, 0.29) is 11.4 Å². The van der Waals surface area contributed by atoms with Crippen LogP contribution in [0.4, 0.5) is 0 Å². The van der Waals surface area contributed by atoms with Crippen molar-refractivity contribution in [3.8, 4) is 0 Å². The van der Waals surface area contributed by atoms with Crippen LogP contribution in [0, 0.1) is 6.92 Å². The average molecular weight is 309 g/mol. The standard InChI is InChI=1S/C17H31N3O2/c1-7-11-20(10-4)17(6,9-3)12-18-16(21)15-13(5)14(8-2)22-19-15/h7-12H2,1-6H3,(H,18,21). The second kappa shape index (κ2) is 8.32. The Balaban J connectivity index is 2.76. The quantitative estimate of drug-likeness (QED) is 0.761. The summed E-state index contributed by atoms with van der Waals surface area (Å²) in [4.78, 5) is 14.8. The smallest absolute Gasteiger partial charge is 0.273 e. The van der Waals surface area contributed by atoms with Crippen LogP contribution in [0.1, 0.15) is 69.3 Å². The zero-order valence-electron chi connectivity index (χ0n) is 15.0. The molecule has 1 heterocycles. The summed E-state index contributed by atoms with van der Waals surface area (Å²) in [6.45, 7) is 15.2. The molecule has 1 aromatic heterocycles. The van der Waals surface area contributed by atoms with Gasteiger partial charge in [0.15, 0.2) is 5.69 Å². The first-order chi connectivity index (χ1) is 10.4. The molecule has 0 aliphatic carbocycles. The SMILES string of the molecule is CCCN(CC)C(C)(CC)CNC(=O)c1noc(CC)c1C. The number of rotatable bonds is 9. The lowest BCUT2D eigenvalue weighted by Gasteiger charge is -2.40. The maximum absolute atomic E-state index is 12.4. The molecule has 0 fully saturated rings. The predicted molar refractivity (Wildman–Crippen MR) is 89.2 cm³/mol. The van der Waals surface area contributed by atoms with Gasteiger partial charge in [-0.15, -0.1) is 0 Å². The number of carbonyl (C=O) groups excluding carboxylic acids is 1. The van der Waals surface area contributed by atoms with Gasteiger partial charge >= 0.3 is 0 Å². The number of carbonyl (C=O) groups is 1. The van der Waals surface area contributed by atoms with Gasteiger partial charge in [-0.1, -0.05) is 32.9 Å². The molecule has 0 bridgehead atoms. The molecular formula is C17H31N3O2. The van der Waals surface area contributed by atoms with Crippen LogP contribution in [0.5, 0.6) is 0 Å².